The number of pyridine rings is 1. The average Bonchev–Trinajstić information content (AvgIpc) is 2.04. The molecule has 0 bridgehead atoms. The Morgan fingerprint density at radius 1 is 1.23 bits per heavy atom. The fraction of sp³-hybridized carbons (Fsp3) is 0. The van der Waals surface area contributed by atoms with Crippen molar-refractivity contribution in [2.75, 3.05) is 0 Å². The van der Waals surface area contributed by atoms with Crippen LogP contribution in [0.4, 0.5) is 0 Å². The van der Waals surface area contributed by atoms with E-state index in [1.54, 1.807) is 0 Å². The molecule has 0 unspecified atom stereocenters. The van der Waals surface area contributed by atoms with Crippen LogP contribution >= 0.6 is 0 Å². The maximum absolute atomic E-state index is 10.3. The number of carbonyl (C=O) groups is 2. The third kappa shape index (κ3) is 3.53. The van der Waals surface area contributed by atoms with Gasteiger partial charge in [-0.3, -0.25) is 0 Å². The predicted molar refractivity (Wildman–Crippen MR) is 39.3 cm³/mol. The summed E-state index contributed by atoms with van der Waals surface area (Å²) in [4.78, 5) is 24.0. The SMILES string of the molecule is O=C(O)c1ccc(C(=O)O)nc1.[H-].[K+]. The van der Waals surface area contributed by atoms with Gasteiger partial charge >= 0.3 is 63.3 Å². The van der Waals surface area contributed by atoms with E-state index in [2.05, 4.69) is 4.98 Å². The first-order valence-electron chi connectivity index (χ1n) is 3.04. The minimum absolute atomic E-state index is 0. The first-order valence-corrected chi connectivity index (χ1v) is 3.04. The number of carboxylic acid groups (broad SMARTS) is 2. The van der Waals surface area contributed by atoms with Crippen molar-refractivity contribution >= 4 is 11.9 Å². The molecule has 0 aliphatic carbocycles. The summed E-state index contributed by atoms with van der Waals surface area (Å²) in [5, 5.41) is 16.8. The number of carboxylic acids is 2. The normalized spacial score (nSPS) is 8.62. The standard InChI is InChI=1S/C7H5NO4.K.H/c9-6(10)4-1-2-5(7(11)12)8-3-4;;/h1-3H,(H,9,10)(H,11,12);;/q;+1;-1. The smallest absolute Gasteiger partial charge is 1.00 e. The molecular weight excluding hydrogens is 201 g/mol. The Kier molecular flexibility index (Phi) is 5.34. The summed E-state index contributed by atoms with van der Waals surface area (Å²) in [6, 6.07) is 2.34. The summed E-state index contributed by atoms with van der Waals surface area (Å²) in [7, 11) is 0. The number of aromatic nitrogens is 1. The van der Waals surface area contributed by atoms with E-state index in [1.807, 2.05) is 0 Å². The second-order valence-electron chi connectivity index (χ2n) is 2.04. The monoisotopic (exact) mass is 207 g/mol. The van der Waals surface area contributed by atoms with E-state index in [0.717, 1.165) is 12.3 Å². The first kappa shape index (κ1) is 12.7. The molecule has 1 aromatic rings. The predicted octanol–water partition coefficient (Wildman–Crippen LogP) is -2.41. The van der Waals surface area contributed by atoms with Gasteiger partial charge in [0.1, 0.15) is 5.69 Å². The third-order valence-corrected chi connectivity index (χ3v) is 1.23. The molecule has 0 amide bonds. The summed E-state index contributed by atoms with van der Waals surface area (Å²) < 4.78 is 0. The summed E-state index contributed by atoms with van der Waals surface area (Å²) >= 11 is 0. The van der Waals surface area contributed by atoms with Gasteiger partial charge in [0.2, 0.25) is 0 Å². The molecule has 0 aliphatic heterocycles. The van der Waals surface area contributed by atoms with E-state index < -0.39 is 11.9 Å². The molecule has 0 saturated heterocycles. The summed E-state index contributed by atoms with van der Waals surface area (Å²) in [5.74, 6) is -2.30. The molecule has 0 spiro atoms. The van der Waals surface area contributed by atoms with E-state index in [0.29, 0.717) is 0 Å². The molecule has 0 aliphatic rings. The van der Waals surface area contributed by atoms with Crippen molar-refractivity contribution in [2.45, 2.75) is 0 Å². The van der Waals surface area contributed by atoms with Crippen molar-refractivity contribution in [1.29, 1.82) is 0 Å². The van der Waals surface area contributed by atoms with E-state index in [1.165, 1.54) is 6.07 Å². The minimum atomic E-state index is -1.17. The molecule has 0 radical (unpaired) electrons. The van der Waals surface area contributed by atoms with Gasteiger partial charge < -0.3 is 11.6 Å². The zero-order valence-corrected chi connectivity index (χ0v) is 10.0. The number of rotatable bonds is 2. The second-order valence-corrected chi connectivity index (χ2v) is 2.04. The van der Waals surface area contributed by atoms with Crippen molar-refractivity contribution in [2.24, 2.45) is 0 Å². The molecular formula is C7H6KNO4. The molecule has 1 heterocycles. The van der Waals surface area contributed by atoms with Gasteiger partial charge in [-0.25, -0.2) is 14.6 Å². The van der Waals surface area contributed by atoms with Crippen LogP contribution in [0.15, 0.2) is 18.3 Å². The molecule has 0 fully saturated rings. The molecule has 6 heteroatoms. The maximum atomic E-state index is 10.3. The Bertz CT molecular complexity index is 294. The van der Waals surface area contributed by atoms with Crippen LogP contribution in [0.2, 0.25) is 0 Å². The Morgan fingerprint density at radius 2 is 1.85 bits per heavy atom. The molecule has 1 rings (SSSR count). The van der Waals surface area contributed by atoms with Crippen molar-refractivity contribution in [1.82, 2.24) is 4.98 Å². The van der Waals surface area contributed by atoms with Crippen molar-refractivity contribution in [3.05, 3.63) is 29.6 Å². The van der Waals surface area contributed by atoms with Gasteiger partial charge in [-0.2, -0.15) is 0 Å². The van der Waals surface area contributed by atoms with E-state index >= 15 is 0 Å². The first-order chi connectivity index (χ1) is 5.61. The molecule has 2 N–H and O–H groups in total. The topological polar surface area (TPSA) is 87.5 Å². The molecule has 0 atom stereocenters. The Morgan fingerprint density at radius 3 is 2.15 bits per heavy atom. The van der Waals surface area contributed by atoms with Gasteiger partial charge in [-0.05, 0) is 12.1 Å². The molecule has 64 valence electrons. The minimum Gasteiger partial charge on any atom is -1.00 e. The largest absolute Gasteiger partial charge is 1.00 e. The Labute approximate surface area is 118 Å². The van der Waals surface area contributed by atoms with Crippen molar-refractivity contribution < 1.29 is 72.6 Å². The zero-order chi connectivity index (χ0) is 9.14. The Hall–Kier alpha value is -0.274. The van der Waals surface area contributed by atoms with Crippen LogP contribution in [0.1, 0.15) is 22.3 Å². The van der Waals surface area contributed by atoms with E-state index in [-0.39, 0.29) is 64.1 Å². The molecule has 1 aromatic heterocycles. The van der Waals surface area contributed by atoms with Crippen LogP contribution in [-0.4, -0.2) is 27.1 Å². The van der Waals surface area contributed by atoms with Crippen LogP contribution < -0.4 is 51.4 Å². The van der Waals surface area contributed by atoms with Gasteiger partial charge in [-0.15, -0.1) is 0 Å². The average molecular weight is 207 g/mol. The molecule has 0 saturated carbocycles. The fourth-order valence-electron chi connectivity index (χ4n) is 0.647. The van der Waals surface area contributed by atoms with Crippen LogP contribution in [0.3, 0.4) is 0 Å². The van der Waals surface area contributed by atoms with Crippen LogP contribution in [0.25, 0.3) is 0 Å². The van der Waals surface area contributed by atoms with Crippen LogP contribution in [0.5, 0.6) is 0 Å². The van der Waals surface area contributed by atoms with Crippen molar-refractivity contribution in [3.63, 3.8) is 0 Å². The van der Waals surface area contributed by atoms with E-state index in [9.17, 15) is 9.59 Å². The van der Waals surface area contributed by atoms with E-state index in [4.69, 9.17) is 10.2 Å². The van der Waals surface area contributed by atoms with Gasteiger partial charge in [0.25, 0.3) is 0 Å². The maximum Gasteiger partial charge on any atom is 1.00 e. The molecule has 13 heavy (non-hydrogen) atoms. The number of nitrogens with zero attached hydrogens (tertiary/aromatic N) is 1. The molecule has 0 aromatic carbocycles. The number of hydrogen-bond acceptors (Lipinski definition) is 3. The van der Waals surface area contributed by atoms with Crippen molar-refractivity contribution in [3.8, 4) is 0 Å². The second kappa shape index (κ2) is 5.46. The number of hydrogen-bond donors (Lipinski definition) is 2. The molecule has 5 nitrogen and oxygen atoms in total. The van der Waals surface area contributed by atoms with Gasteiger partial charge in [0.15, 0.2) is 0 Å². The van der Waals surface area contributed by atoms with Gasteiger partial charge in [-0.1, -0.05) is 0 Å². The van der Waals surface area contributed by atoms with Crippen LogP contribution in [0, 0.1) is 0 Å². The van der Waals surface area contributed by atoms with Crippen LogP contribution in [-0.2, 0) is 0 Å². The van der Waals surface area contributed by atoms with Gasteiger partial charge in [0.05, 0.1) is 5.56 Å². The number of aromatic carboxylic acids is 2. The third-order valence-electron chi connectivity index (χ3n) is 1.23. The van der Waals surface area contributed by atoms with Gasteiger partial charge in [0, 0.05) is 6.20 Å². The quantitative estimate of drug-likeness (QED) is 0.528. The summed E-state index contributed by atoms with van der Waals surface area (Å²) in [6.45, 7) is 0. The Balaban J connectivity index is 0. The zero-order valence-electron chi connectivity index (χ0n) is 7.89. The summed E-state index contributed by atoms with van der Waals surface area (Å²) in [5.41, 5.74) is -0.194. The summed E-state index contributed by atoms with van der Waals surface area (Å²) in [6.07, 6.45) is 1.01. The fourth-order valence-corrected chi connectivity index (χ4v) is 0.647.